The average Bonchev–Trinajstić information content (AvgIpc) is 3.45. The lowest BCUT2D eigenvalue weighted by atomic mass is 9.83. The molecule has 0 bridgehead atoms. The van der Waals surface area contributed by atoms with Crippen LogP contribution in [0.1, 0.15) is 73.8 Å². The smallest absolute Gasteiger partial charge is 0.231 e. The van der Waals surface area contributed by atoms with Crippen LogP contribution in [-0.2, 0) is 4.79 Å². The van der Waals surface area contributed by atoms with Gasteiger partial charge in [0.25, 0.3) is 0 Å². The summed E-state index contributed by atoms with van der Waals surface area (Å²) in [5.74, 6) is 0.483. The number of likely N-dealkylation sites (N-methyl/N-ethyl adjacent to an activating group) is 1. The van der Waals surface area contributed by atoms with Crippen LogP contribution in [0.25, 0.3) is 27.9 Å². The second-order valence-corrected chi connectivity index (χ2v) is 10.4. The van der Waals surface area contributed by atoms with Gasteiger partial charge in [0.1, 0.15) is 6.33 Å². The molecule has 35 heavy (non-hydrogen) atoms. The zero-order valence-electron chi connectivity index (χ0n) is 21.3. The number of rotatable bonds is 6. The van der Waals surface area contributed by atoms with Gasteiger partial charge < -0.3 is 10.7 Å². The van der Waals surface area contributed by atoms with Crippen molar-refractivity contribution in [2.45, 2.75) is 71.3 Å². The first kappa shape index (κ1) is 23.5. The van der Waals surface area contributed by atoms with E-state index in [2.05, 4.69) is 66.0 Å². The number of H-pyrrole nitrogens is 1. The molecule has 0 radical (unpaired) electrons. The van der Waals surface area contributed by atoms with Gasteiger partial charge >= 0.3 is 0 Å². The quantitative estimate of drug-likeness (QED) is 0.430. The number of nitrogens with one attached hydrogen (secondary N) is 1. The minimum atomic E-state index is -0.264. The highest BCUT2D eigenvalue weighted by Gasteiger charge is 2.27. The monoisotopic (exact) mass is 473 g/mol. The number of pyridine rings is 2. The van der Waals surface area contributed by atoms with E-state index in [1.807, 2.05) is 11.6 Å². The number of aromatic nitrogens is 5. The molecule has 4 aromatic heterocycles. The fourth-order valence-electron chi connectivity index (χ4n) is 5.74. The molecule has 0 aromatic carbocycles. The lowest BCUT2D eigenvalue weighted by Gasteiger charge is -2.33. The van der Waals surface area contributed by atoms with E-state index >= 15 is 0 Å². The summed E-state index contributed by atoms with van der Waals surface area (Å²) in [7, 11) is 2.00. The van der Waals surface area contributed by atoms with Gasteiger partial charge in [-0.05, 0) is 75.8 Å². The summed E-state index contributed by atoms with van der Waals surface area (Å²) in [4.78, 5) is 26.7. The number of fused-ring (bicyclic) bond motifs is 2. The van der Waals surface area contributed by atoms with Crippen molar-refractivity contribution in [1.29, 1.82) is 0 Å². The first-order valence-corrected chi connectivity index (χ1v) is 12.6. The van der Waals surface area contributed by atoms with E-state index in [0.29, 0.717) is 24.4 Å². The van der Waals surface area contributed by atoms with E-state index < -0.39 is 0 Å². The van der Waals surface area contributed by atoms with Crippen LogP contribution in [0.5, 0.6) is 0 Å². The molecule has 0 spiro atoms. The van der Waals surface area contributed by atoms with Crippen molar-refractivity contribution in [3.8, 4) is 11.3 Å². The second-order valence-electron chi connectivity index (χ2n) is 10.4. The number of hydrogen-bond acceptors (Lipinski definition) is 5. The maximum absolute atomic E-state index is 11.3. The number of nitrogens with two attached hydrogens (primary N) is 1. The van der Waals surface area contributed by atoms with E-state index in [9.17, 15) is 4.79 Å². The molecular weight excluding hydrogens is 438 g/mol. The number of amides is 1. The highest BCUT2D eigenvalue weighted by molar-refractivity contribution is 5.89. The van der Waals surface area contributed by atoms with E-state index in [1.54, 1.807) is 6.33 Å². The predicted octanol–water partition coefficient (Wildman–Crippen LogP) is 4.46. The first-order chi connectivity index (χ1) is 16.7. The molecule has 0 atom stereocenters. The van der Waals surface area contributed by atoms with Crippen LogP contribution in [0.4, 0.5) is 0 Å². The molecule has 184 valence electrons. The van der Waals surface area contributed by atoms with Crippen molar-refractivity contribution in [2.75, 3.05) is 13.6 Å². The standard InChI is InChI=1S/C27H35N7O/c1-15(2)24-25(20-12-34-27(29-14-30-34)17(4)16(20)3)32-22-11-10-21(31-26(22)24)18-6-8-19(9-7-18)33(5)13-23(28)35/h10-12,14-15,18-19,32H,6-9,13H2,1-5H3,(H2,28,35). The Morgan fingerprint density at radius 1 is 1.20 bits per heavy atom. The van der Waals surface area contributed by atoms with E-state index in [4.69, 9.17) is 10.7 Å². The molecule has 4 aromatic rings. The molecule has 1 aliphatic rings. The lowest BCUT2D eigenvalue weighted by molar-refractivity contribution is -0.119. The van der Waals surface area contributed by atoms with Crippen molar-refractivity contribution >= 4 is 22.6 Å². The SMILES string of the molecule is Cc1c(-c2[nH]c3ccc(C4CCC(N(C)CC(N)=O)CC4)nc3c2C(C)C)cn2ncnc2c1C. The van der Waals surface area contributed by atoms with E-state index in [-0.39, 0.29) is 5.91 Å². The Balaban J connectivity index is 1.50. The predicted molar refractivity (Wildman–Crippen MR) is 138 cm³/mol. The fourth-order valence-corrected chi connectivity index (χ4v) is 5.74. The van der Waals surface area contributed by atoms with Crippen LogP contribution in [0.2, 0.25) is 0 Å². The fraction of sp³-hybridized carbons (Fsp3) is 0.481. The summed E-state index contributed by atoms with van der Waals surface area (Å²) >= 11 is 0. The number of carbonyl (C=O) groups excluding carboxylic acids is 1. The Bertz CT molecular complexity index is 1390. The molecule has 1 saturated carbocycles. The third-order valence-electron chi connectivity index (χ3n) is 7.82. The minimum Gasteiger partial charge on any atom is -0.369 e. The van der Waals surface area contributed by atoms with Crippen LogP contribution in [-0.4, -0.2) is 55.0 Å². The maximum Gasteiger partial charge on any atom is 0.231 e. The molecule has 0 aliphatic heterocycles. The number of aryl methyl sites for hydroxylation is 1. The number of primary amides is 1. The molecule has 8 heteroatoms. The Labute approximate surface area is 205 Å². The van der Waals surface area contributed by atoms with Gasteiger partial charge in [0.05, 0.1) is 23.3 Å². The van der Waals surface area contributed by atoms with Crippen LogP contribution in [0, 0.1) is 13.8 Å². The molecule has 1 fully saturated rings. The van der Waals surface area contributed by atoms with Gasteiger partial charge in [-0.25, -0.2) is 9.50 Å². The topological polar surface area (TPSA) is 105 Å². The molecule has 4 heterocycles. The van der Waals surface area contributed by atoms with Crippen molar-refractivity contribution in [3.63, 3.8) is 0 Å². The molecule has 1 aliphatic carbocycles. The summed E-state index contributed by atoms with van der Waals surface area (Å²) in [6, 6.07) is 4.78. The van der Waals surface area contributed by atoms with Crippen LogP contribution in [0.15, 0.2) is 24.7 Å². The summed E-state index contributed by atoms with van der Waals surface area (Å²) in [5.41, 5.74) is 15.4. The minimum absolute atomic E-state index is 0.264. The first-order valence-electron chi connectivity index (χ1n) is 12.6. The highest BCUT2D eigenvalue weighted by atomic mass is 16.1. The molecule has 0 saturated heterocycles. The second kappa shape index (κ2) is 9.07. The van der Waals surface area contributed by atoms with Gasteiger partial charge in [-0.3, -0.25) is 14.7 Å². The van der Waals surface area contributed by atoms with Gasteiger partial charge in [0.2, 0.25) is 5.91 Å². The van der Waals surface area contributed by atoms with Gasteiger partial charge in [-0.1, -0.05) is 13.8 Å². The zero-order chi connectivity index (χ0) is 24.9. The largest absolute Gasteiger partial charge is 0.369 e. The molecule has 3 N–H and O–H groups in total. The Kier molecular flexibility index (Phi) is 6.09. The summed E-state index contributed by atoms with van der Waals surface area (Å²) < 4.78 is 1.86. The molecule has 0 unspecified atom stereocenters. The Hall–Kier alpha value is -3.26. The van der Waals surface area contributed by atoms with E-state index in [0.717, 1.165) is 59.2 Å². The van der Waals surface area contributed by atoms with Gasteiger partial charge in [-0.2, -0.15) is 5.10 Å². The van der Waals surface area contributed by atoms with Crippen molar-refractivity contribution in [1.82, 2.24) is 29.5 Å². The van der Waals surface area contributed by atoms with Crippen molar-refractivity contribution in [3.05, 3.63) is 47.0 Å². The van der Waals surface area contributed by atoms with Crippen LogP contribution >= 0.6 is 0 Å². The maximum atomic E-state index is 11.3. The van der Waals surface area contributed by atoms with E-state index in [1.165, 1.54) is 16.8 Å². The lowest BCUT2D eigenvalue weighted by Crippen LogP contribution is -2.40. The van der Waals surface area contributed by atoms with Crippen molar-refractivity contribution in [2.24, 2.45) is 5.73 Å². The summed E-state index contributed by atoms with van der Waals surface area (Å²) in [6.45, 7) is 9.05. The van der Waals surface area contributed by atoms with Crippen LogP contribution in [0.3, 0.4) is 0 Å². The molecule has 5 rings (SSSR count). The number of nitrogens with zero attached hydrogens (tertiary/aromatic N) is 5. The Morgan fingerprint density at radius 2 is 1.94 bits per heavy atom. The highest BCUT2D eigenvalue weighted by Crippen LogP contribution is 2.39. The molecular formula is C27H35N7O. The summed E-state index contributed by atoms with van der Waals surface area (Å²) in [6.07, 6.45) is 7.93. The Morgan fingerprint density at radius 3 is 2.63 bits per heavy atom. The zero-order valence-corrected chi connectivity index (χ0v) is 21.3. The molecule has 8 nitrogen and oxygen atoms in total. The van der Waals surface area contributed by atoms with Crippen LogP contribution < -0.4 is 5.73 Å². The van der Waals surface area contributed by atoms with Gasteiger partial charge in [-0.15, -0.1) is 0 Å². The average molecular weight is 474 g/mol. The number of hydrogen-bond donors (Lipinski definition) is 2. The number of aromatic amines is 1. The summed E-state index contributed by atoms with van der Waals surface area (Å²) in [5, 5.41) is 4.39. The van der Waals surface area contributed by atoms with Gasteiger partial charge in [0, 0.05) is 35.0 Å². The van der Waals surface area contributed by atoms with Gasteiger partial charge in [0.15, 0.2) is 5.65 Å². The number of carbonyl (C=O) groups is 1. The third kappa shape index (κ3) is 4.20. The third-order valence-corrected chi connectivity index (χ3v) is 7.82. The normalized spacial score (nSPS) is 18.8. The van der Waals surface area contributed by atoms with Crippen molar-refractivity contribution < 1.29 is 4.79 Å². The molecule has 1 amide bonds.